The number of rotatable bonds is 6. The van der Waals surface area contributed by atoms with E-state index in [4.69, 9.17) is 4.74 Å². The number of nitrogens with zero attached hydrogens (tertiary/aromatic N) is 1. The van der Waals surface area contributed by atoms with Crippen LogP contribution in [0.15, 0.2) is 85.1 Å². The lowest BCUT2D eigenvalue weighted by Crippen LogP contribution is -2.16. The summed E-state index contributed by atoms with van der Waals surface area (Å²) in [5.74, 6) is -1.77. The Morgan fingerprint density at radius 3 is 2.38 bits per heavy atom. The van der Waals surface area contributed by atoms with Gasteiger partial charge in [0, 0.05) is 29.1 Å². The van der Waals surface area contributed by atoms with Crippen molar-refractivity contribution < 1.29 is 23.1 Å². The maximum atomic E-state index is 14.7. The van der Waals surface area contributed by atoms with Gasteiger partial charge in [-0.2, -0.15) is 0 Å². The number of hydrogen-bond donors (Lipinski definition) is 2. The summed E-state index contributed by atoms with van der Waals surface area (Å²) >= 11 is 0. The zero-order chi connectivity index (χ0) is 24.1. The fourth-order valence-corrected chi connectivity index (χ4v) is 3.29. The lowest BCUT2D eigenvalue weighted by Gasteiger charge is -2.10. The van der Waals surface area contributed by atoms with Crippen molar-refractivity contribution in [1.82, 2.24) is 4.98 Å². The van der Waals surface area contributed by atoms with Crippen LogP contribution >= 0.6 is 0 Å². The molecule has 0 bridgehead atoms. The molecule has 4 aromatic rings. The van der Waals surface area contributed by atoms with Gasteiger partial charge in [0.1, 0.15) is 23.2 Å². The second-order valence-corrected chi connectivity index (χ2v) is 7.24. The van der Waals surface area contributed by atoms with E-state index in [1.165, 1.54) is 37.4 Å². The molecule has 0 fully saturated rings. The summed E-state index contributed by atoms with van der Waals surface area (Å²) in [7, 11) is 1.42. The molecule has 6 nitrogen and oxygen atoms in total. The molecule has 2 N–H and O–H groups in total. The SMILES string of the molecule is COc1ccc(-c2ccc(C(=O)Nc3cccc(C(=O)Nc4ccccn4)c3)c(F)c2)c(F)c1. The highest BCUT2D eigenvalue weighted by Crippen LogP contribution is 2.28. The summed E-state index contributed by atoms with van der Waals surface area (Å²) in [6, 6.07) is 19.4. The van der Waals surface area contributed by atoms with Crippen molar-refractivity contribution in [2.45, 2.75) is 0 Å². The van der Waals surface area contributed by atoms with Crippen LogP contribution in [0.1, 0.15) is 20.7 Å². The number of pyridine rings is 1. The first kappa shape index (κ1) is 22.6. The first-order chi connectivity index (χ1) is 16.4. The highest BCUT2D eigenvalue weighted by atomic mass is 19.1. The van der Waals surface area contributed by atoms with E-state index in [0.717, 1.165) is 6.07 Å². The average molecular weight is 459 g/mol. The Morgan fingerprint density at radius 1 is 0.824 bits per heavy atom. The fourth-order valence-electron chi connectivity index (χ4n) is 3.29. The van der Waals surface area contributed by atoms with Crippen LogP contribution in [-0.4, -0.2) is 23.9 Å². The quantitative estimate of drug-likeness (QED) is 0.397. The van der Waals surface area contributed by atoms with Crippen molar-refractivity contribution in [3.05, 3.63) is 108 Å². The maximum absolute atomic E-state index is 14.7. The number of aromatic nitrogens is 1. The van der Waals surface area contributed by atoms with E-state index in [-0.39, 0.29) is 22.3 Å². The zero-order valence-electron chi connectivity index (χ0n) is 18.0. The smallest absolute Gasteiger partial charge is 0.258 e. The molecule has 4 rings (SSSR count). The second-order valence-electron chi connectivity index (χ2n) is 7.24. The average Bonchev–Trinajstić information content (AvgIpc) is 2.84. The molecule has 1 heterocycles. The number of ether oxygens (including phenoxy) is 1. The van der Waals surface area contributed by atoms with Crippen molar-refractivity contribution in [3.8, 4) is 16.9 Å². The van der Waals surface area contributed by atoms with Crippen molar-refractivity contribution >= 4 is 23.3 Å². The Bertz CT molecular complexity index is 1360. The summed E-state index contributed by atoms with van der Waals surface area (Å²) in [5.41, 5.74) is 0.833. The van der Waals surface area contributed by atoms with Gasteiger partial charge in [-0.05, 0) is 60.2 Å². The first-order valence-electron chi connectivity index (χ1n) is 10.2. The van der Waals surface area contributed by atoms with E-state index < -0.39 is 23.4 Å². The largest absolute Gasteiger partial charge is 0.497 e. The molecule has 0 saturated heterocycles. The summed E-state index contributed by atoms with van der Waals surface area (Å²) in [5, 5.41) is 5.23. The predicted octanol–water partition coefficient (Wildman–Crippen LogP) is 5.54. The summed E-state index contributed by atoms with van der Waals surface area (Å²) < 4.78 is 34.0. The molecular formula is C26H19F2N3O3. The van der Waals surface area contributed by atoms with Gasteiger partial charge < -0.3 is 15.4 Å². The predicted molar refractivity (Wildman–Crippen MR) is 125 cm³/mol. The molecule has 0 unspecified atom stereocenters. The summed E-state index contributed by atoms with van der Waals surface area (Å²) in [6.45, 7) is 0. The Labute approximate surface area is 194 Å². The standard InChI is InChI=1S/C26H19F2N3O3/c1-34-19-9-11-20(23(28)15-19)16-8-10-21(22(27)14-16)26(33)30-18-6-4-5-17(13-18)25(32)31-24-7-2-3-12-29-24/h2-15H,1H3,(H,30,33)(H,29,31,32). The van der Waals surface area contributed by atoms with Crippen LogP contribution in [0.3, 0.4) is 0 Å². The Kier molecular flexibility index (Phi) is 6.59. The molecule has 3 aromatic carbocycles. The minimum Gasteiger partial charge on any atom is -0.497 e. The van der Waals surface area contributed by atoms with Crippen molar-refractivity contribution in [3.63, 3.8) is 0 Å². The number of halogens is 2. The molecule has 0 aliphatic carbocycles. The molecule has 0 atom stereocenters. The Morgan fingerprint density at radius 2 is 1.68 bits per heavy atom. The lowest BCUT2D eigenvalue weighted by molar-refractivity contribution is 0.101. The minimum atomic E-state index is -0.811. The molecule has 170 valence electrons. The molecular weight excluding hydrogens is 440 g/mol. The number of carbonyl (C=O) groups excluding carboxylic acids is 2. The first-order valence-corrected chi connectivity index (χ1v) is 10.2. The van der Waals surface area contributed by atoms with E-state index >= 15 is 0 Å². The Hall–Kier alpha value is -4.59. The number of hydrogen-bond acceptors (Lipinski definition) is 4. The number of methoxy groups -OCH3 is 1. The van der Waals surface area contributed by atoms with Gasteiger partial charge in [-0.1, -0.05) is 18.2 Å². The molecule has 1 aromatic heterocycles. The highest BCUT2D eigenvalue weighted by Gasteiger charge is 2.16. The maximum Gasteiger partial charge on any atom is 0.258 e. The normalized spacial score (nSPS) is 10.4. The monoisotopic (exact) mass is 459 g/mol. The van der Waals surface area contributed by atoms with Gasteiger partial charge in [0.2, 0.25) is 0 Å². The van der Waals surface area contributed by atoms with Crippen molar-refractivity contribution in [2.24, 2.45) is 0 Å². The van der Waals surface area contributed by atoms with Gasteiger partial charge in [-0.3, -0.25) is 9.59 Å². The third-order valence-electron chi connectivity index (χ3n) is 4.99. The van der Waals surface area contributed by atoms with Gasteiger partial charge in [0.15, 0.2) is 0 Å². The van der Waals surface area contributed by atoms with Gasteiger partial charge in [0.05, 0.1) is 12.7 Å². The van der Waals surface area contributed by atoms with Crippen molar-refractivity contribution in [1.29, 1.82) is 0 Å². The van der Waals surface area contributed by atoms with Crippen LogP contribution in [0.5, 0.6) is 5.75 Å². The zero-order valence-corrected chi connectivity index (χ0v) is 18.0. The number of amides is 2. The lowest BCUT2D eigenvalue weighted by atomic mass is 10.0. The summed E-state index contributed by atoms with van der Waals surface area (Å²) in [4.78, 5) is 29.1. The number of anilines is 2. The topological polar surface area (TPSA) is 80.3 Å². The molecule has 8 heteroatoms. The van der Waals surface area contributed by atoms with E-state index in [0.29, 0.717) is 17.3 Å². The van der Waals surface area contributed by atoms with Gasteiger partial charge in [0.25, 0.3) is 11.8 Å². The Balaban J connectivity index is 1.50. The van der Waals surface area contributed by atoms with Gasteiger partial charge >= 0.3 is 0 Å². The third kappa shape index (κ3) is 5.07. The van der Waals surface area contributed by atoms with E-state index in [1.807, 2.05) is 0 Å². The number of benzene rings is 3. The molecule has 34 heavy (non-hydrogen) atoms. The molecule has 0 radical (unpaired) electrons. The minimum absolute atomic E-state index is 0.179. The molecule has 0 aliphatic rings. The van der Waals surface area contributed by atoms with E-state index in [9.17, 15) is 18.4 Å². The van der Waals surface area contributed by atoms with Crippen LogP contribution in [0.4, 0.5) is 20.3 Å². The van der Waals surface area contributed by atoms with E-state index in [1.54, 1.807) is 48.7 Å². The van der Waals surface area contributed by atoms with Crippen LogP contribution in [0, 0.1) is 11.6 Å². The molecule has 2 amide bonds. The molecule has 0 aliphatic heterocycles. The second kappa shape index (κ2) is 9.91. The van der Waals surface area contributed by atoms with Gasteiger partial charge in [-0.15, -0.1) is 0 Å². The summed E-state index contributed by atoms with van der Waals surface area (Å²) in [6.07, 6.45) is 1.55. The van der Waals surface area contributed by atoms with Crippen LogP contribution < -0.4 is 15.4 Å². The highest BCUT2D eigenvalue weighted by molar-refractivity contribution is 6.07. The molecule has 0 spiro atoms. The number of carbonyl (C=O) groups is 2. The van der Waals surface area contributed by atoms with Crippen LogP contribution in [-0.2, 0) is 0 Å². The number of nitrogens with one attached hydrogen (secondary N) is 2. The van der Waals surface area contributed by atoms with Crippen LogP contribution in [0.25, 0.3) is 11.1 Å². The molecule has 0 saturated carbocycles. The van der Waals surface area contributed by atoms with Gasteiger partial charge in [-0.25, -0.2) is 13.8 Å². The third-order valence-corrected chi connectivity index (χ3v) is 4.99. The fraction of sp³-hybridized carbons (Fsp3) is 0.0385. The van der Waals surface area contributed by atoms with Crippen molar-refractivity contribution in [2.75, 3.05) is 17.7 Å². The van der Waals surface area contributed by atoms with E-state index in [2.05, 4.69) is 15.6 Å². The van der Waals surface area contributed by atoms with Crippen LogP contribution in [0.2, 0.25) is 0 Å².